The molecule has 1 aliphatic carbocycles. The molecular weight excluding hydrogens is 309 g/mol. The maximum atomic E-state index is 12.0. The molecule has 1 saturated carbocycles. The average molecular weight is 330 g/mol. The summed E-state index contributed by atoms with van der Waals surface area (Å²) in [4.78, 5) is 12.0. The van der Waals surface area contributed by atoms with Gasteiger partial charge >= 0.3 is 0 Å². The van der Waals surface area contributed by atoms with Crippen LogP contribution in [0, 0.1) is 11.8 Å². The molecule has 1 fully saturated rings. The number of hydrogen-bond donors (Lipinski definition) is 1. The van der Waals surface area contributed by atoms with Crippen molar-refractivity contribution < 1.29 is 9.53 Å². The smallest absolute Gasteiger partial charge is 0.258 e. The van der Waals surface area contributed by atoms with Crippen LogP contribution in [0.25, 0.3) is 0 Å². The summed E-state index contributed by atoms with van der Waals surface area (Å²) in [6.45, 7) is 4.41. The highest BCUT2D eigenvalue weighted by molar-refractivity contribution is 6.35. The van der Waals surface area contributed by atoms with Gasteiger partial charge in [0.05, 0.1) is 5.02 Å². The van der Waals surface area contributed by atoms with Crippen LogP contribution >= 0.6 is 23.2 Å². The Hall–Kier alpha value is -0.930. The topological polar surface area (TPSA) is 38.3 Å². The lowest BCUT2D eigenvalue weighted by molar-refractivity contribution is -0.124. The maximum Gasteiger partial charge on any atom is 0.258 e. The Morgan fingerprint density at radius 3 is 2.81 bits per heavy atom. The van der Waals surface area contributed by atoms with Gasteiger partial charge in [-0.05, 0) is 36.5 Å². The van der Waals surface area contributed by atoms with Crippen molar-refractivity contribution in [1.29, 1.82) is 0 Å². The van der Waals surface area contributed by atoms with Crippen molar-refractivity contribution >= 4 is 29.1 Å². The van der Waals surface area contributed by atoms with Gasteiger partial charge in [0.2, 0.25) is 0 Å². The third-order valence-corrected chi connectivity index (χ3v) is 4.84. The summed E-state index contributed by atoms with van der Waals surface area (Å²) < 4.78 is 5.45. The van der Waals surface area contributed by atoms with Gasteiger partial charge in [0, 0.05) is 11.1 Å². The molecule has 0 aromatic heterocycles. The molecule has 0 radical (unpaired) electrons. The van der Waals surface area contributed by atoms with Gasteiger partial charge in [-0.2, -0.15) is 0 Å². The van der Waals surface area contributed by atoms with Crippen molar-refractivity contribution in [2.24, 2.45) is 11.8 Å². The number of ether oxygens (including phenoxy) is 1. The number of nitrogens with one attached hydrogen (secondary N) is 1. The number of amides is 1. The minimum absolute atomic E-state index is 0.0288. The van der Waals surface area contributed by atoms with E-state index in [9.17, 15) is 4.79 Å². The second-order valence-electron chi connectivity index (χ2n) is 5.80. The van der Waals surface area contributed by atoms with Crippen LogP contribution in [0.1, 0.15) is 33.1 Å². The fourth-order valence-electron chi connectivity index (χ4n) is 2.77. The third-order valence-electron chi connectivity index (χ3n) is 4.31. The van der Waals surface area contributed by atoms with Crippen LogP contribution in [-0.2, 0) is 4.79 Å². The molecular formula is C16H21Cl2NO2. The third kappa shape index (κ3) is 4.52. The van der Waals surface area contributed by atoms with Gasteiger partial charge in [-0.3, -0.25) is 4.79 Å². The SMILES string of the molecule is C[C@@H]1[C@@H](C)CCC[C@H]1NC(=O)COc1ccc(Cl)cc1Cl. The highest BCUT2D eigenvalue weighted by Gasteiger charge is 2.28. The number of carbonyl (C=O) groups is 1. The number of benzene rings is 1. The molecule has 0 heterocycles. The van der Waals surface area contributed by atoms with Gasteiger partial charge in [-0.25, -0.2) is 0 Å². The van der Waals surface area contributed by atoms with Crippen LogP contribution in [0.15, 0.2) is 18.2 Å². The zero-order valence-corrected chi connectivity index (χ0v) is 13.9. The van der Waals surface area contributed by atoms with E-state index in [4.69, 9.17) is 27.9 Å². The van der Waals surface area contributed by atoms with E-state index in [-0.39, 0.29) is 18.6 Å². The fraction of sp³-hybridized carbons (Fsp3) is 0.562. The molecule has 21 heavy (non-hydrogen) atoms. The quantitative estimate of drug-likeness (QED) is 0.893. The molecule has 1 N–H and O–H groups in total. The molecule has 3 nitrogen and oxygen atoms in total. The minimum Gasteiger partial charge on any atom is -0.482 e. The Balaban J connectivity index is 1.84. The first-order chi connectivity index (χ1) is 9.97. The largest absolute Gasteiger partial charge is 0.482 e. The van der Waals surface area contributed by atoms with Crippen LogP contribution in [0.5, 0.6) is 5.75 Å². The summed E-state index contributed by atoms with van der Waals surface area (Å²) in [5.74, 6) is 1.52. The van der Waals surface area contributed by atoms with Gasteiger partial charge in [0.15, 0.2) is 6.61 Å². The zero-order chi connectivity index (χ0) is 15.4. The number of carbonyl (C=O) groups excluding carboxylic acids is 1. The highest BCUT2D eigenvalue weighted by atomic mass is 35.5. The van der Waals surface area contributed by atoms with E-state index in [1.165, 1.54) is 12.8 Å². The summed E-state index contributed by atoms with van der Waals surface area (Å²) >= 11 is 11.8. The summed E-state index contributed by atoms with van der Waals surface area (Å²) in [6, 6.07) is 5.20. The summed E-state index contributed by atoms with van der Waals surface area (Å²) in [5, 5.41) is 4.02. The predicted molar refractivity (Wildman–Crippen MR) is 86.1 cm³/mol. The normalized spacial score (nSPS) is 25.4. The molecule has 1 aromatic carbocycles. The zero-order valence-electron chi connectivity index (χ0n) is 12.4. The minimum atomic E-state index is -0.105. The molecule has 0 spiro atoms. The molecule has 0 bridgehead atoms. The summed E-state index contributed by atoms with van der Waals surface area (Å²) in [6.07, 6.45) is 3.45. The Bertz CT molecular complexity index is 507. The van der Waals surface area contributed by atoms with E-state index in [0.29, 0.717) is 27.6 Å². The molecule has 5 heteroatoms. The van der Waals surface area contributed by atoms with Gasteiger partial charge in [0.1, 0.15) is 5.75 Å². The summed E-state index contributed by atoms with van der Waals surface area (Å²) in [5.41, 5.74) is 0. The van der Waals surface area contributed by atoms with E-state index in [0.717, 1.165) is 6.42 Å². The predicted octanol–water partition coefficient (Wildman–Crippen LogP) is 4.31. The molecule has 1 aromatic rings. The molecule has 0 unspecified atom stereocenters. The van der Waals surface area contributed by atoms with E-state index in [2.05, 4.69) is 19.2 Å². The second-order valence-corrected chi connectivity index (χ2v) is 6.65. The van der Waals surface area contributed by atoms with Crippen LogP contribution < -0.4 is 10.1 Å². The second kappa shape index (κ2) is 7.37. The first-order valence-electron chi connectivity index (χ1n) is 7.34. The Morgan fingerprint density at radius 2 is 2.10 bits per heavy atom. The first-order valence-corrected chi connectivity index (χ1v) is 8.10. The molecule has 1 amide bonds. The lowest BCUT2D eigenvalue weighted by atomic mass is 9.78. The van der Waals surface area contributed by atoms with Crippen molar-refractivity contribution in [2.75, 3.05) is 6.61 Å². The van der Waals surface area contributed by atoms with Crippen molar-refractivity contribution in [1.82, 2.24) is 5.32 Å². The Labute approximate surface area is 136 Å². The van der Waals surface area contributed by atoms with E-state index >= 15 is 0 Å². The van der Waals surface area contributed by atoms with Crippen LogP contribution in [0.4, 0.5) is 0 Å². The maximum absolute atomic E-state index is 12.0. The van der Waals surface area contributed by atoms with E-state index in [1.54, 1.807) is 18.2 Å². The molecule has 1 aliphatic rings. The monoisotopic (exact) mass is 329 g/mol. The summed E-state index contributed by atoms with van der Waals surface area (Å²) in [7, 11) is 0. The molecule has 116 valence electrons. The fourth-order valence-corrected chi connectivity index (χ4v) is 3.23. The molecule has 0 saturated heterocycles. The lowest BCUT2D eigenvalue weighted by Gasteiger charge is -2.34. The van der Waals surface area contributed by atoms with Gasteiger partial charge in [0.25, 0.3) is 5.91 Å². The van der Waals surface area contributed by atoms with Crippen LogP contribution in [0.2, 0.25) is 10.0 Å². The number of halogens is 2. The Morgan fingerprint density at radius 1 is 1.33 bits per heavy atom. The van der Waals surface area contributed by atoms with Crippen molar-refractivity contribution in [3.63, 3.8) is 0 Å². The average Bonchev–Trinajstić information content (AvgIpc) is 2.43. The van der Waals surface area contributed by atoms with Gasteiger partial charge in [-0.15, -0.1) is 0 Å². The molecule has 0 aliphatic heterocycles. The van der Waals surface area contributed by atoms with Gasteiger partial charge < -0.3 is 10.1 Å². The van der Waals surface area contributed by atoms with Crippen molar-refractivity contribution in [3.8, 4) is 5.75 Å². The van der Waals surface area contributed by atoms with Crippen LogP contribution in [-0.4, -0.2) is 18.6 Å². The van der Waals surface area contributed by atoms with Gasteiger partial charge in [-0.1, -0.05) is 49.9 Å². The van der Waals surface area contributed by atoms with Crippen molar-refractivity contribution in [3.05, 3.63) is 28.2 Å². The molecule has 3 atom stereocenters. The first kappa shape index (κ1) is 16.4. The Kier molecular flexibility index (Phi) is 5.77. The highest BCUT2D eigenvalue weighted by Crippen LogP contribution is 2.30. The van der Waals surface area contributed by atoms with Crippen LogP contribution in [0.3, 0.4) is 0 Å². The number of rotatable bonds is 4. The molecule has 2 rings (SSSR count). The van der Waals surface area contributed by atoms with Crippen molar-refractivity contribution in [2.45, 2.75) is 39.2 Å². The van der Waals surface area contributed by atoms with E-state index < -0.39 is 0 Å². The lowest BCUT2D eigenvalue weighted by Crippen LogP contribution is -2.45. The standard InChI is InChI=1S/C16H21Cl2NO2/c1-10-4-3-5-14(11(10)2)19-16(20)9-21-15-7-6-12(17)8-13(15)18/h6-8,10-11,14H,3-5,9H2,1-2H3,(H,19,20)/t10-,11+,14+/m0/s1. The van der Waals surface area contributed by atoms with E-state index in [1.807, 2.05) is 0 Å². The number of hydrogen-bond acceptors (Lipinski definition) is 2.